The minimum absolute atomic E-state index is 0.487. The van der Waals surface area contributed by atoms with Crippen LogP contribution in [0.25, 0.3) is 0 Å². The zero-order valence-electron chi connectivity index (χ0n) is 13.5. The number of nitrogens with one attached hydrogen (secondary N) is 1. The van der Waals surface area contributed by atoms with Crippen LogP contribution >= 0.6 is 11.3 Å². The smallest absolute Gasteiger partial charge is 0.140 e. The quantitative estimate of drug-likeness (QED) is 0.870. The summed E-state index contributed by atoms with van der Waals surface area (Å²) >= 11 is 1.73. The number of aromatic nitrogens is 1. The van der Waals surface area contributed by atoms with Crippen LogP contribution in [-0.4, -0.2) is 11.0 Å². The number of hydrogen-bond donors (Lipinski definition) is 1. The van der Waals surface area contributed by atoms with Gasteiger partial charge >= 0.3 is 0 Å². The van der Waals surface area contributed by atoms with Crippen LogP contribution in [-0.2, 0) is 13.2 Å². The molecule has 0 bridgehead atoms. The number of ether oxygens (including phenoxy) is 1. The largest absolute Gasteiger partial charge is 0.486 e. The average Bonchev–Trinajstić information content (AvgIpc) is 2.73. The van der Waals surface area contributed by atoms with E-state index in [-0.39, 0.29) is 0 Å². The predicted molar refractivity (Wildman–Crippen MR) is 89.1 cm³/mol. The van der Waals surface area contributed by atoms with Crippen molar-refractivity contribution in [2.75, 3.05) is 0 Å². The molecule has 0 aliphatic heterocycles. The summed E-state index contributed by atoms with van der Waals surface area (Å²) in [6, 6.07) is 6.76. The molecule has 1 aromatic carbocycles. The lowest BCUT2D eigenvalue weighted by Crippen LogP contribution is -2.21. The number of hydrogen-bond acceptors (Lipinski definition) is 4. The summed E-state index contributed by atoms with van der Waals surface area (Å²) in [7, 11) is 0. The van der Waals surface area contributed by atoms with E-state index in [0.717, 1.165) is 23.0 Å². The Labute approximate surface area is 131 Å². The van der Waals surface area contributed by atoms with Crippen LogP contribution in [0.3, 0.4) is 0 Å². The van der Waals surface area contributed by atoms with E-state index in [0.29, 0.717) is 12.6 Å². The molecule has 1 aromatic heterocycles. The molecule has 0 fully saturated rings. The molecule has 114 valence electrons. The van der Waals surface area contributed by atoms with E-state index in [4.69, 9.17) is 4.74 Å². The van der Waals surface area contributed by atoms with Crippen molar-refractivity contribution >= 4 is 11.3 Å². The Bertz CT molecular complexity index is 585. The molecule has 2 aromatic rings. The van der Waals surface area contributed by atoms with E-state index in [1.54, 1.807) is 11.3 Å². The minimum atomic E-state index is 0.487. The highest BCUT2D eigenvalue weighted by atomic mass is 32.1. The van der Waals surface area contributed by atoms with Crippen molar-refractivity contribution in [3.8, 4) is 5.75 Å². The first kappa shape index (κ1) is 16.0. The standard InChI is InChI=1S/C17H24N2OS/c1-11(2)18-9-16-14(5)19-17(21-16)10-20-15-7-12(3)6-13(4)8-15/h6-8,11,18H,9-10H2,1-5H3. The van der Waals surface area contributed by atoms with Crippen LogP contribution in [0.15, 0.2) is 18.2 Å². The Morgan fingerprint density at radius 2 is 1.81 bits per heavy atom. The second-order valence-electron chi connectivity index (χ2n) is 5.76. The Morgan fingerprint density at radius 3 is 2.43 bits per heavy atom. The van der Waals surface area contributed by atoms with Gasteiger partial charge in [0, 0.05) is 17.5 Å². The van der Waals surface area contributed by atoms with Crippen molar-refractivity contribution in [3.63, 3.8) is 0 Å². The Morgan fingerprint density at radius 1 is 1.14 bits per heavy atom. The first-order chi connectivity index (χ1) is 9.94. The van der Waals surface area contributed by atoms with Crippen molar-refractivity contribution in [3.05, 3.63) is 44.9 Å². The summed E-state index contributed by atoms with van der Waals surface area (Å²) in [4.78, 5) is 5.90. The number of rotatable bonds is 6. The molecule has 0 spiro atoms. The number of benzene rings is 1. The number of aryl methyl sites for hydroxylation is 3. The lowest BCUT2D eigenvalue weighted by Gasteiger charge is -2.06. The van der Waals surface area contributed by atoms with E-state index in [9.17, 15) is 0 Å². The van der Waals surface area contributed by atoms with Gasteiger partial charge < -0.3 is 10.1 Å². The minimum Gasteiger partial charge on any atom is -0.486 e. The summed E-state index contributed by atoms with van der Waals surface area (Å²) in [6.07, 6.45) is 0. The maximum atomic E-state index is 5.88. The SMILES string of the molecule is Cc1cc(C)cc(OCc2nc(C)c(CNC(C)C)s2)c1. The van der Waals surface area contributed by atoms with Gasteiger partial charge in [-0.05, 0) is 44.0 Å². The zero-order chi connectivity index (χ0) is 15.4. The van der Waals surface area contributed by atoms with Gasteiger partial charge in [0.15, 0.2) is 0 Å². The third-order valence-corrected chi connectivity index (χ3v) is 4.30. The van der Waals surface area contributed by atoms with Gasteiger partial charge in [-0.25, -0.2) is 4.98 Å². The maximum Gasteiger partial charge on any atom is 0.140 e. The first-order valence-electron chi connectivity index (χ1n) is 7.33. The fraction of sp³-hybridized carbons (Fsp3) is 0.471. The van der Waals surface area contributed by atoms with Crippen molar-refractivity contribution in [1.29, 1.82) is 0 Å². The van der Waals surface area contributed by atoms with Gasteiger partial charge in [-0.1, -0.05) is 19.9 Å². The zero-order valence-corrected chi connectivity index (χ0v) is 14.3. The van der Waals surface area contributed by atoms with Crippen LogP contribution in [0.2, 0.25) is 0 Å². The molecular formula is C17H24N2OS. The molecule has 1 heterocycles. The first-order valence-corrected chi connectivity index (χ1v) is 8.15. The molecule has 1 N–H and O–H groups in total. The Hall–Kier alpha value is -1.39. The average molecular weight is 304 g/mol. The number of thiazole rings is 1. The summed E-state index contributed by atoms with van der Waals surface area (Å²) in [5, 5.41) is 4.47. The molecule has 3 nitrogen and oxygen atoms in total. The predicted octanol–water partition coefficient (Wildman–Crippen LogP) is 4.15. The normalized spacial score (nSPS) is 11.1. The Kier molecular flexibility index (Phi) is 5.37. The third kappa shape index (κ3) is 4.83. The molecule has 4 heteroatoms. The molecule has 0 saturated heterocycles. The molecule has 0 unspecified atom stereocenters. The van der Waals surface area contributed by atoms with Crippen molar-refractivity contribution in [2.24, 2.45) is 0 Å². The molecule has 21 heavy (non-hydrogen) atoms. The highest BCUT2D eigenvalue weighted by Crippen LogP contribution is 2.21. The van der Waals surface area contributed by atoms with Gasteiger partial charge in [-0.15, -0.1) is 11.3 Å². The van der Waals surface area contributed by atoms with E-state index in [1.807, 2.05) is 0 Å². The lowest BCUT2D eigenvalue weighted by molar-refractivity contribution is 0.305. The summed E-state index contributed by atoms with van der Waals surface area (Å²) < 4.78 is 5.88. The highest BCUT2D eigenvalue weighted by molar-refractivity contribution is 7.11. The second-order valence-corrected chi connectivity index (χ2v) is 6.93. The van der Waals surface area contributed by atoms with E-state index >= 15 is 0 Å². The monoisotopic (exact) mass is 304 g/mol. The van der Waals surface area contributed by atoms with Crippen molar-refractivity contribution in [2.45, 2.75) is 53.8 Å². The lowest BCUT2D eigenvalue weighted by atomic mass is 10.1. The van der Waals surface area contributed by atoms with Gasteiger partial charge in [-0.3, -0.25) is 0 Å². The molecule has 0 atom stereocenters. The van der Waals surface area contributed by atoms with E-state index in [2.05, 4.69) is 63.1 Å². The summed E-state index contributed by atoms with van der Waals surface area (Å²) in [5.41, 5.74) is 3.55. The van der Waals surface area contributed by atoms with Gasteiger partial charge in [0.1, 0.15) is 17.4 Å². The van der Waals surface area contributed by atoms with E-state index < -0.39 is 0 Å². The summed E-state index contributed by atoms with van der Waals surface area (Å²) in [6.45, 7) is 12.0. The fourth-order valence-corrected chi connectivity index (χ4v) is 3.11. The van der Waals surface area contributed by atoms with Crippen molar-refractivity contribution in [1.82, 2.24) is 10.3 Å². The second kappa shape index (κ2) is 7.05. The highest BCUT2D eigenvalue weighted by Gasteiger charge is 2.09. The molecule has 0 aliphatic carbocycles. The fourth-order valence-electron chi connectivity index (χ4n) is 2.17. The number of nitrogens with zero attached hydrogens (tertiary/aromatic N) is 1. The molecule has 2 rings (SSSR count). The van der Waals surface area contributed by atoms with Crippen LogP contribution in [0.5, 0.6) is 5.75 Å². The molecule has 0 amide bonds. The van der Waals surface area contributed by atoms with E-state index in [1.165, 1.54) is 16.0 Å². The van der Waals surface area contributed by atoms with Crippen molar-refractivity contribution < 1.29 is 4.74 Å². The topological polar surface area (TPSA) is 34.1 Å². The van der Waals surface area contributed by atoms with Gasteiger partial charge in [0.25, 0.3) is 0 Å². The van der Waals surface area contributed by atoms with Crippen LogP contribution in [0.1, 0.15) is 40.6 Å². The van der Waals surface area contributed by atoms with Gasteiger partial charge in [0.05, 0.1) is 5.69 Å². The molecule has 0 aliphatic rings. The molecule has 0 radical (unpaired) electrons. The van der Waals surface area contributed by atoms with Crippen LogP contribution in [0.4, 0.5) is 0 Å². The van der Waals surface area contributed by atoms with Crippen LogP contribution in [0, 0.1) is 20.8 Å². The Balaban J connectivity index is 1.98. The van der Waals surface area contributed by atoms with Gasteiger partial charge in [-0.2, -0.15) is 0 Å². The summed E-state index contributed by atoms with van der Waals surface area (Å²) in [5.74, 6) is 0.919. The molecule has 0 saturated carbocycles. The van der Waals surface area contributed by atoms with Crippen LogP contribution < -0.4 is 10.1 Å². The maximum absolute atomic E-state index is 5.88. The van der Waals surface area contributed by atoms with Gasteiger partial charge in [0.2, 0.25) is 0 Å². The third-order valence-electron chi connectivity index (χ3n) is 3.17. The molecular weight excluding hydrogens is 280 g/mol.